The van der Waals surface area contributed by atoms with E-state index in [2.05, 4.69) is 32.4 Å². The Hall–Kier alpha value is -4.04. The number of aryl methyl sites for hydroxylation is 1. The molecule has 0 spiro atoms. The first-order chi connectivity index (χ1) is 18.4. The largest absolute Gasteiger partial charge is 0.478 e. The van der Waals surface area contributed by atoms with Gasteiger partial charge < -0.3 is 20.1 Å². The van der Waals surface area contributed by atoms with Gasteiger partial charge in [-0.05, 0) is 98.9 Å². The highest BCUT2D eigenvalue weighted by molar-refractivity contribution is 5.90. The van der Waals surface area contributed by atoms with Gasteiger partial charge in [0.2, 0.25) is 5.95 Å². The van der Waals surface area contributed by atoms with Gasteiger partial charge >= 0.3 is 5.97 Å². The van der Waals surface area contributed by atoms with Crippen molar-refractivity contribution in [1.82, 2.24) is 19.5 Å². The number of aromatic carboxylic acids is 1. The van der Waals surface area contributed by atoms with Gasteiger partial charge in [-0.1, -0.05) is 6.07 Å². The lowest BCUT2D eigenvalue weighted by atomic mass is 9.80. The van der Waals surface area contributed by atoms with E-state index in [4.69, 9.17) is 0 Å². The Morgan fingerprint density at radius 1 is 0.974 bits per heavy atom. The summed E-state index contributed by atoms with van der Waals surface area (Å²) in [6, 6.07) is 13.6. The highest BCUT2D eigenvalue weighted by atomic mass is 16.4. The number of nitrogens with zero attached hydrogens (tertiary/aromatic N) is 4. The maximum atomic E-state index is 11.9. The van der Waals surface area contributed by atoms with Crippen molar-refractivity contribution >= 4 is 17.6 Å². The fourth-order valence-electron chi connectivity index (χ4n) is 5.41. The molecule has 0 unspecified atom stereocenters. The first kappa shape index (κ1) is 24.3. The average molecular weight is 510 g/mol. The van der Waals surface area contributed by atoms with Gasteiger partial charge in [-0.15, -0.1) is 0 Å². The SMILES string of the molecule is Cc1cc(Nc2nccc(C3CC3)n2)cc(-n2cnc(-c3ccc(C(=O)O)c(C4CCC(O)CC4)c3)c2)c1. The number of carboxylic acid groups (broad SMARTS) is 1. The van der Waals surface area contributed by atoms with E-state index in [-0.39, 0.29) is 12.0 Å². The molecule has 2 aromatic carbocycles. The van der Waals surface area contributed by atoms with Crippen molar-refractivity contribution in [3.05, 3.63) is 83.6 Å². The normalized spacial score (nSPS) is 19.3. The molecule has 8 heteroatoms. The van der Waals surface area contributed by atoms with E-state index >= 15 is 0 Å². The Bertz CT molecular complexity index is 1480. The third-order valence-corrected chi connectivity index (χ3v) is 7.59. The smallest absolute Gasteiger partial charge is 0.335 e. The maximum Gasteiger partial charge on any atom is 0.335 e. The first-order valence-electron chi connectivity index (χ1n) is 13.2. The molecule has 3 N–H and O–H groups in total. The van der Waals surface area contributed by atoms with Crippen molar-refractivity contribution in [2.45, 2.75) is 63.4 Å². The number of carboxylic acids is 1. The lowest BCUT2D eigenvalue weighted by molar-refractivity contribution is 0.0694. The van der Waals surface area contributed by atoms with E-state index in [0.717, 1.165) is 52.3 Å². The summed E-state index contributed by atoms with van der Waals surface area (Å²) in [6.45, 7) is 2.05. The molecule has 4 aromatic rings. The van der Waals surface area contributed by atoms with E-state index < -0.39 is 5.97 Å². The standard InChI is InChI=1S/C30H31N5O3/c1-18-12-22(33-30-31-11-10-27(34-30)20-2-3-20)15-23(13-18)35-16-28(32-17-35)21-6-9-25(29(37)38)26(14-21)19-4-7-24(36)8-5-19/h6,9-17,19-20,24,36H,2-5,7-8H2,1H3,(H,37,38)(H,31,33,34). The van der Waals surface area contributed by atoms with Crippen molar-refractivity contribution in [2.24, 2.45) is 0 Å². The number of rotatable bonds is 7. The van der Waals surface area contributed by atoms with Gasteiger partial charge in [0.1, 0.15) is 0 Å². The molecule has 0 aliphatic heterocycles. The number of nitrogens with one attached hydrogen (secondary N) is 1. The minimum absolute atomic E-state index is 0.123. The third kappa shape index (κ3) is 5.17. The lowest BCUT2D eigenvalue weighted by Gasteiger charge is -2.27. The molecule has 6 rings (SSSR count). The van der Waals surface area contributed by atoms with E-state index in [1.807, 2.05) is 42.0 Å². The number of hydrogen-bond donors (Lipinski definition) is 3. The average Bonchev–Trinajstić information content (AvgIpc) is 3.65. The maximum absolute atomic E-state index is 11.9. The molecule has 38 heavy (non-hydrogen) atoms. The number of aliphatic hydroxyl groups excluding tert-OH is 1. The van der Waals surface area contributed by atoms with Crippen LogP contribution >= 0.6 is 0 Å². The molecular formula is C30H31N5O3. The molecule has 2 heterocycles. The number of imidazole rings is 1. The van der Waals surface area contributed by atoms with E-state index in [0.29, 0.717) is 30.3 Å². The zero-order valence-corrected chi connectivity index (χ0v) is 21.3. The van der Waals surface area contributed by atoms with Gasteiger partial charge in [0.25, 0.3) is 0 Å². The Labute approximate surface area is 221 Å². The second-order valence-corrected chi connectivity index (χ2v) is 10.5. The lowest BCUT2D eigenvalue weighted by Crippen LogP contribution is -2.18. The van der Waals surface area contributed by atoms with Crippen molar-refractivity contribution in [2.75, 3.05) is 5.32 Å². The van der Waals surface area contributed by atoms with Crippen LogP contribution in [0.15, 0.2) is 61.2 Å². The molecule has 2 saturated carbocycles. The van der Waals surface area contributed by atoms with Gasteiger partial charge in [-0.3, -0.25) is 0 Å². The van der Waals surface area contributed by atoms with Gasteiger partial charge in [-0.25, -0.2) is 19.7 Å². The Balaban J connectivity index is 1.27. The summed E-state index contributed by atoms with van der Waals surface area (Å²) in [7, 11) is 0. The second kappa shape index (κ2) is 10.0. The summed E-state index contributed by atoms with van der Waals surface area (Å²) in [6.07, 6.45) is 10.6. The number of aromatic nitrogens is 4. The highest BCUT2D eigenvalue weighted by Crippen LogP contribution is 2.39. The molecule has 2 fully saturated rings. The third-order valence-electron chi connectivity index (χ3n) is 7.59. The fourth-order valence-corrected chi connectivity index (χ4v) is 5.41. The molecule has 0 bridgehead atoms. The predicted molar refractivity (Wildman–Crippen MR) is 145 cm³/mol. The van der Waals surface area contributed by atoms with E-state index in [1.54, 1.807) is 18.6 Å². The minimum atomic E-state index is -0.922. The molecule has 2 aliphatic rings. The molecular weight excluding hydrogens is 478 g/mol. The fraction of sp³-hybridized carbons (Fsp3) is 0.333. The molecule has 0 saturated heterocycles. The van der Waals surface area contributed by atoms with Crippen LogP contribution in [-0.2, 0) is 0 Å². The molecule has 2 aromatic heterocycles. The van der Waals surface area contributed by atoms with Crippen LogP contribution in [0.5, 0.6) is 0 Å². The van der Waals surface area contributed by atoms with Gasteiger partial charge in [-0.2, -0.15) is 0 Å². The molecule has 8 nitrogen and oxygen atoms in total. The van der Waals surface area contributed by atoms with Crippen LogP contribution in [0.25, 0.3) is 16.9 Å². The summed E-state index contributed by atoms with van der Waals surface area (Å²) in [4.78, 5) is 25.7. The molecule has 0 atom stereocenters. The Morgan fingerprint density at radius 2 is 1.76 bits per heavy atom. The van der Waals surface area contributed by atoms with E-state index in [1.165, 1.54) is 12.8 Å². The second-order valence-electron chi connectivity index (χ2n) is 10.5. The number of benzene rings is 2. The van der Waals surface area contributed by atoms with Gasteiger partial charge in [0, 0.05) is 40.9 Å². The van der Waals surface area contributed by atoms with Crippen LogP contribution in [0, 0.1) is 6.92 Å². The summed E-state index contributed by atoms with van der Waals surface area (Å²) < 4.78 is 1.97. The van der Waals surface area contributed by atoms with Crippen molar-refractivity contribution in [3.8, 4) is 16.9 Å². The highest BCUT2D eigenvalue weighted by Gasteiger charge is 2.26. The van der Waals surface area contributed by atoms with Gasteiger partial charge in [0.15, 0.2) is 0 Å². The zero-order chi connectivity index (χ0) is 26.2. The van der Waals surface area contributed by atoms with E-state index in [9.17, 15) is 15.0 Å². The topological polar surface area (TPSA) is 113 Å². The first-order valence-corrected chi connectivity index (χ1v) is 13.2. The van der Waals surface area contributed by atoms with Crippen LogP contribution in [0.3, 0.4) is 0 Å². The quantitative estimate of drug-likeness (QED) is 0.281. The van der Waals surface area contributed by atoms with Crippen molar-refractivity contribution < 1.29 is 15.0 Å². The van der Waals surface area contributed by atoms with Crippen LogP contribution in [0.1, 0.15) is 77.5 Å². The molecule has 0 amide bonds. The van der Waals surface area contributed by atoms with Crippen LogP contribution in [0.4, 0.5) is 11.6 Å². The number of anilines is 2. The Kier molecular flexibility index (Phi) is 6.41. The summed E-state index contributed by atoms with van der Waals surface area (Å²) >= 11 is 0. The van der Waals surface area contributed by atoms with Crippen LogP contribution < -0.4 is 5.32 Å². The molecule has 2 aliphatic carbocycles. The van der Waals surface area contributed by atoms with Crippen LogP contribution in [-0.4, -0.2) is 41.8 Å². The monoisotopic (exact) mass is 509 g/mol. The number of hydrogen-bond acceptors (Lipinski definition) is 6. The summed E-state index contributed by atoms with van der Waals surface area (Å²) in [5.41, 5.74) is 6.84. The minimum Gasteiger partial charge on any atom is -0.478 e. The zero-order valence-electron chi connectivity index (χ0n) is 21.3. The van der Waals surface area contributed by atoms with Crippen LogP contribution in [0.2, 0.25) is 0 Å². The van der Waals surface area contributed by atoms with Gasteiger partial charge in [0.05, 0.1) is 23.7 Å². The summed E-state index contributed by atoms with van der Waals surface area (Å²) in [5.74, 6) is 0.358. The summed E-state index contributed by atoms with van der Waals surface area (Å²) in [5, 5.41) is 23.0. The number of aliphatic hydroxyl groups is 1. The molecule has 0 radical (unpaired) electrons. The number of carbonyl (C=O) groups is 1. The molecule has 194 valence electrons. The predicted octanol–water partition coefficient (Wildman–Crippen LogP) is 5.98. The van der Waals surface area contributed by atoms with Crippen molar-refractivity contribution in [1.29, 1.82) is 0 Å². The Morgan fingerprint density at radius 3 is 2.53 bits per heavy atom. The van der Waals surface area contributed by atoms with Crippen molar-refractivity contribution in [3.63, 3.8) is 0 Å².